The number of piperidine rings is 1. The van der Waals surface area contributed by atoms with Gasteiger partial charge in [0.25, 0.3) is 0 Å². The summed E-state index contributed by atoms with van der Waals surface area (Å²) in [6.45, 7) is 8.25. The first-order valence-electron chi connectivity index (χ1n) is 8.57. The van der Waals surface area contributed by atoms with Gasteiger partial charge in [-0.05, 0) is 0 Å². The smallest absolute Gasteiger partial charge is 0.662 e. The first-order valence-corrected chi connectivity index (χ1v) is 9.83. The molecule has 0 aromatic rings. The minimum atomic E-state index is -4.69. The van der Waals surface area contributed by atoms with E-state index >= 15 is 0 Å². The van der Waals surface area contributed by atoms with Gasteiger partial charge >= 0.3 is 16.5 Å². The largest absolute Gasteiger partial charge is 2.00 e. The molecule has 0 radical (unpaired) electrons. The maximum atomic E-state index is 8.60. The minimum absolute atomic E-state index is 0. The molecule has 4 unspecified atom stereocenters. The van der Waals surface area contributed by atoms with E-state index in [1.807, 2.05) is 0 Å². The summed E-state index contributed by atoms with van der Waals surface area (Å²) in [5, 5.41) is 19.1. The second-order valence-corrected chi connectivity index (χ2v) is 7.07. The predicted octanol–water partition coefficient (Wildman–Crippen LogP) is -0.153. The van der Waals surface area contributed by atoms with Crippen molar-refractivity contribution in [1.29, 1.82) is 0 Å². The normalized spacial score (nSPS) is 32.4. The fourth-order valence-corrected chi connectivity index (χ4v) is 2.97. The van der Waals surface area contributed by atoms with Crippen LogP contribution < -0.4 is 14.0 Å². The fraction of sp³-hybridized carbons (Fsp3) is 1.00. The second kappa shape index (κ2) is 13.6. The van der Waals surface area contributed by atoms with Gasteiger partial charge in [-0.2, -0.15) is 64.3 Å². The van der Waals surface area contributed by atoms with Crippen LogP contribution in [0.3, 0.4) is 0 Å². The van der Waals surface area contributed by atoms with Crippen LogP contribution in [-0.2, 0) is 16.5 Å². The molecule has 2 heterocycles. The number of rotatable bonds is 0. The van der Waals surface area contributed by atoms with Crippen LogP contribution in [0.1, 0.15) is 46.0 Å². The third-order valence-electron chi connectivity index (χ3n) is 4.28. The van der Waals surface area contributed by atoms with Gasteiger partial charge in [-0.15, -0.1) is 0 Å². The average molecular weight is 424 g/mol. The van der Waals surface area contributed by atoms with Crippen LogP contribution in [0, 0.1) is 10.2 Å². The monoisotopic (exact) mass is 422 g/mol. The molecule has 8 nitrogen and oxygen atoms in total. The molecular formula is C15H29ClN4NiO4-2. The second-order valence-electron chi connectivity index (χ2n) is 6.28. The zero-order valence-electron chi connectivity index (χ0n) is 14.8. The van der Waals surface area contributed by atoms with Gasteiger partial charge in [0.1, 0.15) is 0 Å². The molecule has 4 atom stereocenters. The molecule has 2 aliphatic heterocycles. The number of halogens is 1. The Morgan fingerprint density at radius 1 is 0.800 bits per heavy atom. The molecule has 0 aromatic carbocycles. The summed E-state index contributed by atoms with van der Waals surface area (Å²) < 4.78 is 32.7. The van der Waals surface area contributed by atoms with E-state index in [4.69, 9.17) is 34.6 Å². The molecule has 0 aromatic heterocycles. The predicted molar refractivity (Wildman–Crippen MR) is 84.7 cm³/mol. The zero-order chi connectivity index (χ0) is 18.0. The summed E-state index contributed by atoms with van der Waals surface area (Å²) in [5.74, 6) is 0. The van der Waals surface area contributed by atoms with Gasteiger partial charge in [-0.25, -0.2) is 0 Å². The van der Waals surface area contributed by atoms with E-state index in [-0.39, 0.29) is 16.5 Å². The Kier molecular flexibility index (Phi) is 13.9. The molecule has 2 fully saturated rings. The molecule has 2 saturated heterocycles. The van der Waals surface area contributed by atoms with Gasteiger partial charge < -0.3 is 21.3 Å². The van der Waals surface area contributed by atoms with Crippen molar-refractivity contribution < 1.29 is 45.4 Å². The molecule has 0 spiro atoms. The number of hydrogen-bond donors (Lipinski definition) is 1. The molecule has 2 rings (SSSR count). The standard InChI is InChI=1S/C15H28N4.ClHO4.Ni/c1-12-14-6-3-7-15(19-14)13(2)18-11-5-9-16-8-4-10-17-12;2-1(3,4)5;/h12-15H,3-11H2,1-2H3;(H,2,3,4,5);/q-4;;+2. The fourth-order valence-electron chi connectivity index (χ4n) is 2.97. The van der Waals surface area contributed by atoms with E-state index in [0.717, 1.165) is 39.0 Å². The molecule has 25 heavy (non-hydrogen) atoms. The number of hydrogen-bond acceptors (Lipinski definition) is 4. The van der Waals surface area contributed by atoms with Crippen molar-refractivity contribution in [3.63, 3.8) is 0 Å². The topological polar surface area (TPSA) is 146 Å². The Morgan fingerprint density at radius 3 is 1.60 bits per heavy atom. The Labute approximate surface area is 163 Å². The maximum absolute atomic E-state index is 8.60. The quantitative estimate of drug-likeness (QED) is 0.540. The van der Waals surface area contributed by atoms with E-state index in [9.17, 15) is 0 Å². The van der Waals surface area contributed by atoms with E-state index in [1.165, 1.54) is 19.3 Å². The summed E-state index contributed by atoms with van der Waals surface area (Å²) in [6, 6.07) is 1.60. The molecule has 1 N–H and O–H groups in total. The van der Waals surface area contributed by atoms with Crippen LogP contribution in [0.25, 0.3) is 21.3 Å². The third kappa shape index (κ3) is 13.3. The number of nitrogens with zero attached hydrogens (tertiary/aromatic N) is 4. The van der Waals surface area contributed by atoms with Gasteiger partial charge in [-0.3, -0.25) is 0 Å². The zero-order valence-corrected chi connectivity index (χ0v) is 16.6. The van der Waals surface area contributed by atoms with Crippen LogP contribution in [0.15, 0.2) is 0 Å². The van der Waals surface area contributed by atoms with Crippen LogP contribution in [0.2, 0.25) is 0 Å². The van der Waals surface area contributed by atoms with Crippen molar-refractivity contribution in [2.45, 2.75) is 70.1 Å². The first-order chi connectivity index (χ1) is 11.3. The van der Waals surface area contributed by atoms with Gasteiger partial charge in [-0.1, -0.05) is 46.0 Å². The molecule has 10 heteroatoms. The molecule has 2 bridgehead atoms. The van der Waals surface area contributed by atoms with E-state index in [1.54, 1.807) is 0 Å². The van der Waals surface area contributed by atoms with E-state index in [2.05, 4.69) is 19.2 Å². The molecule has 0 aliphatic carbocycles. The van der Waals surface area contributed by atoms with Crippen molar-refractivity contribution in [3.8, 4) is 0 Å². The maximum Gasteiger partial charge on any atom is 2.00 e. The van der Waals surface area contributed by atoms with Crippen LogP contribution in [-0.4, -0.2) is 55.0 Å². The van der Waals surface area contributed by atoms with Crippen molar-refractivity contribution >= 4 is 0 Å². The molecular weight excluding hydrogens is 394 g/mol. The molecule has 0 amide bonds. The first kappa shape index (κ1) is 25.5. The Morgan fingerprint density at radius 2 is 1.20 bits per heavy atom. The molecule has 0 saturated carbocycles. The van der Waals surface area contributed by atoms with Crippen molar-refractivity contribution in [2.24, 2.45) is 0 Å². The average Bonchev–Trinajstić information content (AvgIpc) is 2.50. The van der Waals surface area contributed by atoms with E-state index < -0.39 is 10.2 Å². The van der Waals surface area contributed by atoms with Crippen molar-refractivity contribution in [3.05, 3.63) is 21.3 Å². The Bertz CT molecular complexity index is 311. The van der Waals surface area contributed by atoms with Gasteiger partial charge in [0.2, 0.25) is 0 Å². The van der Waals surface area contributed by atoms with Crippen LogP contribution in [0.5, 0.6) is 0 Å². The summed E-state index contributed by atoms with van der Waals surface area (Å²) in [7, 11) is -4.69. The summed E-state index contributed by atoms with van der Waals surface area (Å²) in [6.07, 6.45) is 5.88. The molecule has 2 aliphatic rings. The van der Waals surface area contributed by atoms with Gasteiger partial charge in [0.15, 0.2) is 0 Å². The summed E-state index contributed by atoms with van der Waals surface area (Å²) in [4.78, 5) is 0. The summed E-state index contributed by atoms with van der Waals surface area (Å²) >= 11 is 0. The van der Waals surface area contributed by atoms with E-state index in [0.29, 0.717) is 24.2 Å². The Hall–Kier alpha value is 0.464. The minimum Gasteiger partial charge on any atom is -0.662 e. The van der Waals surface area contributed by atoms with Crippen LogP contribution in [0.4, 0.5) is 0 Å². The Balaban J connectivity index is 0.000000848. The van der Waals surface area contributed by atoms with Gasteiger partial charge in [0, 0.05) is 0 Å². The van der Waals surface area contributed by atoms with Gasteiger partial charge in [0.05, 0.1) is 14.9 Å². The van der Waals surface area contributed by atoms with Crippen LogP contribution >= 0.6 is 0 Å². The summed E-state index contributed by atoms with van der Waals surface area (Å²) in [5.41, 5.74) is 0. The SMILES string of the molecule is CC1[N-]CCC[N-]CCC[N-]C(C)C2CCCC1[N-]2.[Ni+2].[O-][Cl+3]([O-])([O-])O. The van der Waals surface area contributed by atoms with Crippen molar-refractivity contribution in [1.82, 2.24) is 0 Å². The number of fused-ring (bicyclic) bond motifs is 2. The van der Waals surface area contributed by atoms with Crippen molar-refractivity contribution in [2.75, 3.05) is 26.2 Å². The third-order valence-corrected chi connectivity index (χ3v) is 4.28. The molecule has 152 valence electrons.